The molecule has 0 radical (unpaired) electrons. The summed E-state index contributed by atoms with van der Waals surface area (Å²) in [6.45, 7) is 3.59. The summed E-state index contributed by atoms with van der Waals surface area (Å²) < 4.78 is 15.4. The Labute approximate surface area is 160 Å². The van der Waals surface area contributed by atoms with Crippen LogP contribution in [0.4, 0.5) is 15.2 Å². The molecule has 1 unspecified atom stereocenters. The quantitative estimate of drug-likeness (QED) is 0.728. The van der Waals surface area contributed by atoms with E-state index in [2.05, 4.69) is 27.2 Å². The zero-order valence-corrected chi connectivity index (χ0v) is 16.0. The van der Waals surface area contributed by atoms with Gasteiger partial charge in [0.1, 0.15) is 5.82 Å². The maximum atomic E-state index is 14.1. The van der Waals surface area contributed by atoms with Gasteiger partial charge in [-0.3, -0.25) is 4.79 Å². The molecule has 8 heteroatoms. The normalized spacial score (nSPS) is 17.4. The summed E-state index contributed by atoms with van der Waals surface area (Å²) in [4.78, 5) is 19.4. The number of para-hydroxylation sites is 1. The fourth-order valence-electron chi connectivity index (χ4n) is 3.50. The van der Waals surface area contributed by atoms with Gasteiger partial charge in [0.2, 0.25) is 10.1 Å². The molecule has 1 saturated heterocycles. The number of benzene rings is 1. The summed E-state index contributed by atoms with van der Waals surface area (Å²) in [5.74, 6) is -0.197. The molecule has 0 aliphatic carbocycles. The first-order valence-electron chi connectivity index (χ1n) is 9.30. The lowest BCUT2D eigenvalue weighted by molar-refractivity contribution is 0.518. The number of hydrogen-bond donors (Lipinski definition) is 1. The Hall–Kier alpha value is -2.48. The molecule has 0 spiro atoms. The van der Waals surface area contributed by atoms with Crippen LogP contribution in [-0.2, 0) is 6.42 Å². The van der Waals surface area contributed by atoms with Crippen LogP contribution in [0.1, 0.15) is 31.9 Å². The Morgan fingerprint density at radius 2 is 2.22 bits per heavy atom. The second-order valence-corrected chi connectivity index (χ2v) is 7.77. The second kappa shape index (κ2) is 7.64. The van der Waals surface area contributed by atoms with Crippen molar-refractivity contribution in [2.24, 2.45) is 0 Å². The van der Waals surface area contributed by atoms with Crippen LogP contribution in [0.3, 0.4) is 0 Å². The summed E-state index contributed by atoms with van der Waals surface area (Å²) in [5.41, 5.74) is 1.29. The number of hydrogen-bond acceptors (Lipinski definition) is 6. The van der Waals surface area contributed by atoms with Crippen LogP contribution in [0.25, 0.3) is 4.96 Å². The molecule has 142 valence electrons. The number of aryl methyl sites for hydroxylation is 1. The zero-order valence-electron chi connectivity index (χ0n) is 15.2. The standard InChI is InChI=1S/C19H22FN5OS/c1-2-6-13-11-17(26)25-19(22-13)27-18(23-25)21-14-7-5-10-24(12-14)16-9-4-3-8-15(16)20/h3-4,8-9,11,14H,2,5-7,10,12H2,1H3,(H,21,23). The Balaban J connectivity index is 1.52. The van der Waals surface area contributed by atoms with E-state index in [1.807, 2.05) is 12.1 Å². The highest BCUT2D eigenvalue weighted by atomic mass is 32.1. The van der Waals surface area contributed by atoms with Gasteiger partial charge in [-0.2, -0.15) is 4.52 Å². The van der Waals surface area contributed by atoms with Crippen molar-refractivity contribution in [3.63, 3.8) is 0 Å². The van der Waals surface area contributed by atoms with Gasteiger partial charge < -0.3 is 10.2 Å². The molecule has 1 fully saturated rings. The highest BCUT2D eigenvalue weighted by Crippen LogP contribution is 2.25. The molecular weight excluding hydrogens is 365 g/mol. The third kappa shape index (κ3) is 3.80. The van der Waals surface area contributed by atoms with Crippen LogP contribution in [0.2, 0.25) is 0 Å². The topological polar surface area (TPSA) is 62.5 Å². The molecule has 0 amide bonds. The third-order valence-corrected chi connectivity index (χ3v) is 5.59. The molecule has 2 aromatic heterocycles. The lowest BCUT2D eigenvalue weighted by Crippen LogP contribution is -2.42. The Morgan fingerprint density at radius 3 is 3.04 bits per heavy atom. The number of piperidine rings is 1. The Bertz CT molecular complexity index is 1000. The monoisotopic (exact) mass is 387 g/mol. The smallest absolute Gasteiger partial charge is 0.275 e. The van der Waals surface area contributed by atoms with E-state index in [1.165, 1.54) is 21.9 Å². The van der Waals surface area contributed by atoms with Gasteiger partial charge in [-0.15, -0.1) is 5.10 Å². The number of fused-ring (bicyclic) bond motifs is 1. The highest BCUT2D eigenvalue weighted by Gasteiger charge is 2.23. The van der Waals surface area contributed by atoms with Gasteiger partial charge in [0.15, 0.2) is 0 Å². The van der Waals surface area contributed by atoms with Crippen molar-refractivity contribution in [1.29, 1.82) is 0 Å². The number of aromatic nitrogens is 3. The summed E-state index contributed by atoms with van der Waals surface area (Å²) >= 11 is 1.38. The van der Waals surface area contributed by atoms with Gasteiger partial charge in [-0.25, -0.2) is 9.37 Å². The SMILES string of the molecule is CCCc1cc(=O)n2nc(NC3CCCN(c4ccccc4F)C3)sc2n1. The first kappa shape index (κ1) is 17.9. The van der Waals surface area contributed by atoms with Crippen molar-refractivity contribution in [2.75, 3.05) is 23.3 Å². The second-order valence-electron chi connectivity index (χ2n) is 6.82. The first-order chi connectivity index (χ1) is 13.1. The molecule has 0 bridgehead atoms. The van der Waals surface area contributed by atoms with Gasteiger partial charge in [0.25, 0.3) is 5.56 Å². The lowest BCUT2D eigenvalue weighted by atomic mass is 10.1. The van der Waals surface area contributed by atoms with E-state index in [1.54, 1.807) is 12.1 Å². The van der Waals surface area contributed by atoms with Crippen molar-refractivity contribution in [2.45, 2.75) is 38.6 Å². The molecule has 6 nitrogen and oxygen atoms in total. The predicted molar refractivity (Wildman–Crippen MR) is 106 cm³/mol. The summed E-state index contributed by atoms with van der Waals surface area (Å²) in [6.07, 6.45) is 3.67. The van der Waals surface area contributed by atoms with E-state index in [9.17, 15) is 9.18 Å². The highest BCUT2D eigenvalue weighted by molar-refractivity contribution is 7.20. The first-order valence-corrected chi connectivity index (χ1v) is 10.1. The maximum absolute atomic E-state index is 14.1. The minimum atomic E-state index is -0.197. The molecule has 4 rings (SSSR count). The van der Waals surface area contributed by atoms with E-state index in [4.69, 9.17) is 0 Å². The van der Waals surface area contributed by atoms with Crippen molar-refractivity contribution in [3.8, 4) is 0 Å². The Morgan fingerprint density at radius 1 is 1.37 bits per heavy atom. The lowest BCUT2D eigenvalue weighted by Gasteiger charge is -2.34. The maximum Gasteiger partial charge on any atom is 0.275 e. The fourth-order valence-corrected chi connectivity index (χ4v) is 4.40. The van der Waals surface area contributed by atoms with E-state index in [0.717, 1.165) is 37.9 Å². The molecule has 27 heavy (non-hydrogen) atoms. The van der Waals surface area contributed by atoms with Gasteiger partial charge in [-0.05, 0) is 31.4 Å². The summed E-state index contributed by atoms with van der Waals surface area (Å²) in [7, 11) is 0. The van der Waals surface area contributed by atoms with Crippen molar-refractivity contribution < 1.29 is 4.39 Å². The molecule has 1 N–H and O–H groups in total. The van der Waals surface area contributed by atoms with Gasteiger partial charge in [0.05, 0.1) is 5.69 Å². The van der Waals surface area contributed by atoms with Crippen LogP contribution in [0, 0.1) is 5.82 Å². The van der Waals surface area contributed by atoms with Crippen LogP contribution >= 0.6 is 11.3 Å². The zero-order chi connectivity index (χ0) is 18.8. The average Bonchev–Trinajstić information content (AvgIpc) is 3.05. The third-order valence-electron chi connectivity index (χ3n) is 4.75. The number of anilines is 2. The molecule has 1 atom stereocenters. The number of nitrogens with one attached hydrogen (secondary N) is 1. The fraction of sp³-hybridized carbons (Fsp3) is 0.421. The van der Waals surface area contributed by atoms with E-state index in [0.29, 0.717) is 22.3 Å². The molecule has 1 aliphatic rings. The molecule has 0 saturated carbocycles. The number of nitrogens with zero attached hydrogens (tertiary/aromatic N) is 4. The predicted octanol–water partition coefficient (Wildman–Crippen LogP) is 3.32. The van der Waals surface area contributed by atoms with Crippen LogP contribution < -0.4 is 15.8 Å². The van der Waals surface area contributed by atoms with Crippen LogP contribution in [0.5, 0.6) is 0 Å². The summed E-state index contributed by atoms with van der Waals surface area (Å²) in [5, 5.41) is 8.47. The number of halogens is 1. The Kier molecular flexibility index (Phi) is 5.07. The van der Waals surface area contributed by atoms with Crippen molar-refractivity contribution in [1.82, 2.24) is 14.6 Å². The van der Waals surface area contributed by atoms with Crippen molar-refractivity contribution >= 4 is 27.1 Å². The minimum Gasteiger partial charge on any atom is -0.367 e. The van der Waals surface area contributed by atoms with Gasteiger partial charge in [0, 0.05) is 30.9 Å². The molecular formula is C19H22FN5OS. The minimum absolute atomic E-state index is 0.143. The molecule has 3 aromatic rings. The van der Waals surface area contributed by atoms with Crippen LogP contribution in [0.15, 0.2) is 35.1 Å². The average molecular weight is 387 g/mol. The van der Waals surface area contributed by atoms with Crippen molar-refractivity contribution in [3.05, 3.63) is 52.2 Å². The van der Waals surface area contributed by atoms with Crippen LogP contribution in [-0.4, -0.2) is 33.7 Å². The number of rotatable bonds is 5. The van der Waals surface area contributed by atoms with E-state index >= 15 is 0 Å². The molecule has 1 aromatic carbocycles. The molecule has 1 aliphatic heterocycles. The van der Waals surface area contributed by atoms with Gasteiger partial charge in [-0.1, -0.05) is 36.8 Å². The van der Waals surface area contributed by atoms with E-state index in [-0.39, 0.29) is 17.4 Å². The molecule has 3 heterocycles. The summed E-state index contributed by atoms with van der Waals surface area (Å²) in [6, 6.07) is 8.57. The largest absolute Gasteiger partial charge is 0.367 e. The van der Waals surface area contributed by atoms with E-state index < -0.39 is 0 Å². The van der Waals surface area contributed by atoms with Gasteiger partial charge >= 0.3 is 0 Å².